The van der Waals surface area contributed by atoms with E-state index < -0.39 is 5.97 Å². The van der Waals surface area contributed by atoms with Gasteiger partial charge in [-0.3, -0.25) is 4.40 Å². The molecule has 2 rings (SSSR count). The molecule has 0 spiro atoms. The number of aliphatic carboxylic acids is 1. The van der Waals surface area contributed by atoms with Crippen LogP contribution in [-0.2, 0) is 4.79 Å². The first kappa shape index (κ1) is 10.2. The Kier molecular flexibility index (Phi) is 2.50. The summed E-state index contributed by atoms with van der Waals surface area (Å²) in [6, 6.07) is 0. The van der Waals surface area contributed by atoms with Crippen LogP contribution in [-0.4, -0.2) is 20.5 Å². The Bertz CT molecular complexity index is 556. The van der Waals surface area contributed by atoms with Gasteiger partial charge in [0.2, 0.25) is 0 Å². The first-order valence-corrected chi connectivity index (χ1v) is 5.38. The van der Waals surface area contributed by atoms with E-state index in [1.165, 1.54) is 17.4 Å². The van der Waals surface area contributed by atoms with Crippen molar-refractivity contribution >= 4 is 39.9 Å². The van der Waals surface area contributed by atoms with Gasteiger partial charge in [0.05, 0.1) is 5.69 Å². The zero-order chi connectivity index (χ0) is 11.0. The zero-order valence-corrected chi connectivity index (χ0v) is 9.34. The lowest BCUT2D eigenvalue weighted by Gasteiger charge is -1.93. The van der Waals surface area contributed by atoms with Gasteiger partial charge < -0.3 is 5.11 Å². The number of carbonyl (C=O) groups is 1. The summed E-state index contributed by atoms with van der Waals surface area (Å²) >= 11 is 7.36. The number of aryl methyl sites for hydroxylation is 1. The largest absolute Gasteiger partial charge is 0.478 e. The van der Waals surface area contributed by atoms with E-state index in [-0.39, 0.29) is 0 Å². The summed E-state index contributed by atoms with van der Waals surface area (Å²) in [7, 11) is 0. The second kappa shape index (κ2) is 3.67. The molecule has 2 aromatic heterocycles. The lowest BCUT2D eigenvalue weighted by atomic mass is 10.4. The van der Waals surface area contributed by atoms with E-state index in [4.69, 9.17) is 16.7 Å². The van der Waals surface area contributed by atoms with Crippen LogP contribution in [0.1, 0.15) is 11.4 Å². The quantitative estimate of drug-likeness (QED) is 0.823. The third kappa shape index (κ3) is 1.75. The molecular formula is C9H7ClN2O2S. The Morgan fingerprint density at radius 1 is 1.73 bits per heavy atom. The van der Waals surface area contributed by atoms with E-state index in [1.807, 2.05) is 16.7 Å². The molecule has 4 nitrogen and oxygen atoms in total. The van der Waals surface area contributed by atoms with Crippen molar-refractivity contribution in [2.75, 3.05) is 0 Å². The van der Waals surface area contributed by atoms with E-state index in [0.717, 1.165) is 16.7 Å². The van der Waals surface area contributed by atoms with Gasteiger partial charge in [0.1, 0.15) is 0 Å². The third-order valence-electron chi connectivity index (χ3n) is 1.91. The molecule has 0 amide bonds. The summed E-state index contributed by atoms with van der Waals surface area (Å²) < 4.78 is 1.83. The Morgan fingerprint density at radius 3 is 3.13 bits per heavy atom. The van der Waals surface area contributed by atoms with Crippen molar-refractivity contribution in [3.05, 3.63) is 28.0 Å². The highest BCUT2D eigenvalue weighted by Gasteiger charge is 2.11. The number of thiazole rings is 1. The predicted octanol–water partition coefficient (Wildman–Crippen LogP) is 2.46. The standard InChI is InChI=1S/C9H7ClN2O2S/c1-5-4-15-9-11-8(10)6(12(5)9)2-3-7(13)14/h2-4H,1H3,(H,13,14)/b3-2+. The highest BCUT2D eigenvalue weighted by atomic mass is 35.5. The molecule has 1 N–H and O–H groups in total. The molecule has 78 valence electrons. The number of halogens is 1. The molecule has 0 radical (unpaired) electrons. The number of carboxylic acids is 1. The number of hydrogen-bond donors (Lipinski definition) is 1. The van der Waals surface area contributed by atoms with E-state index in [2.05, 4.69) is 4.98 Å². The van der Waals surface area contributed by atoms with Crippen LogP contribution in [0.2, 0.25) is 5.15 Å². The Balaban J connectivity index is 2.62. The van der Waals surface area contributed by atoms with Gasteiger partial charge in [-0.05, 0) is 13.0 Å². The van der Waals surface area contributed by atoms with Crippen LogP contribution in [0.5, 0.6) is 0 Å². The number of nitrogens with zero attached hydrogens (tertiary/aromatic N) is 2. The first-order chi connectivity index (χ1) is 7.09. The monoisotopic (exact) mass is 242 g/mol. The Hall–Kier alpha value is -1.33. The molecule has 2 aromatic rings. The van der Waals surface area contributed by atoms with E-state index in [9.17, 15) is 4.79 Å². The average molecular weight is 243 g/mol. The van der Waals surface area contributed by atoms with Crippen LogP contribution in [0.4, 0.5) is 0 Å². The van der Waals surface area contributed by atoms with Gasteiger partial charge in [-0.25, -0.2) is 9.78 Å². The first-order valence-electron chi connectivity index (χ1n) is 4.12. The Morgan fingerprint density at radius 2 is 2.47 bits per heavy atom. The van der Waals surface area contributed by atoms with E-state index in [1.54, 1.807) is 0 Å². The minimum Gasteiger partial charge on any atom is -0.478 e. The van der Waals surface area contributed by atoms with Crippen molar-refractivity contribution in [3.8, 4) is 0 Å². The van der Waals surface area contributed by atoms with Gasteiger partial charge in [0.15, 0.2) is 10.1 Å². The van der Waals surface area contributed by atoms with Crippen LogP contribution < -0.4 is 0 Å². The summed E-state index contributed by atoms with van der Waals surface area (Å²) in [4.78, 5) is 15.3. The molecule has 0 saturated heterocycles. The average Bonchev–Trinajstić information content (AvgIpc) is 2.64. The lowest BCUT2D eigenvalue weighted by molar-refractivity contribution is -0.131. The van der Waals surface area contributed by atoms with Gasteiger partial charge in [-0.1, -0.05) is 11.6 Å². The number of fused-ring (bicyclic) bond motifs is 1. The van der Waals surface area contributed by atoms with Gasteiger partial charge in [0.25, 0.3) is 0 Å². The van der Waals surface area contributed by atoms with E-state index >= 15 is 0 Å². The summed E-state index contributed by atoms with van der Waals surface area (Å²) in [5.41, 5.74) is 1.59. The fraction of sp³-hybridized carbons (Fsp3) is 0.111. The molecule has 6 heteroatoms. The molecule has 2 heterocycles. The van der Waals surface area contributed by atoms with Crippen LogP contribution >= 0.6 is 22.9 Å². The second-order valence-corrected chi connectivity index (χ2v) is 4.15. The van der Waals surface area contributed by atoms with Crippen molar-refractivity contribution < 1.29 is 9.90 Å². The summed E-state index contributed by atoms with van der Waals surface area (Å²) in [6.07, 6.45) is 2.50. The molecule has 0 aliphatic rings. The molecule has 0 fully saturated rings. The summed E-state index contributed by atoms with van der Waals surface area (Å²) in [6.45, 7) is 1.92. The third-order valence-corrected chi connectivity index (χ3v) is 3.13. The maximum Gasteiger partial charge on any atom is 0.328 e. The van der Waals surface area contributed by atoms with Gasteiger partial charge in [-0.15, -0.1) is 11.3 Å². The highest BCUT2D eigenvalue weighted by Crippen LogP contribution is 2.24. The lowest BCUT2D eigenvalue weighted by Crippen LogP contribution is -1.90. The molecule has 0 aromatic carbocycles. The van der Waals surface area contributed by atoms with Crippen LogP contribution in [0.3, 0.4) is 0 Å². The van der Waals surface area contributed by atoms with Crippen molar-refractivity contribution in [3.63, 3.8) is 0 Å². The number of rotatable bonds is 2. The van der Waals surface area contributed by atoms with Crippen LogP contribution in [0.25, 0.3) is 11.0 Å². The Labute approximate surface area is 94.4 Å². The van der Waals surface area contributed by atoms with Gasteiger partial charge in [0, 0.05) is 17.2 Å². The molecule has 15 heavy (non-hydrogen) atoms. The number of carboxylic acid groups (broad SMARTS) is 1. The van der Waals surface area contributed by atoms with Crippen LogP contribution in [0, 0.1) is 6.92 Å². The second-order valence-electron chi connectivity index (χ2n) is 2.95. The van der Waals surface area contributed by atoms with Crippen molar-refractivity contribution in [1.82, 2.24) is 9.38 Å². The minimum atomic E-state index is -1.01. The smallest absolute Gasteiger partial charge is 0.328 e. The SMILES string of the molecule is Cc1csc2nc(Cl)c(/C=C/C(=O)O)n12. The van der Waals surface area contributed by atoms with Gasteiger partial charge in [-0.2, -0.15) is 0 Å². The normalized spacial score (nSPS) is 11.6. The molecule has 0 unspecified atom stereocenters. The molecular weight excluding hydrogens is 236 g/mol. The van der Waals surface area contributed by atoms with Gasteiger partial charge >= 0.3 is 5.97 Å². The summed E-state index contributed by atoms with van der Waals surface area (Å²) in [5.74, 6) is -1.01. The number of hydrogen-bond acceptors (Lipinski definition) is 3. The van der Waals surface area contributed by atoms with E-state index in [0.29, 0.717) is 10.8 Å². The number of aromatic nitrogens is 2. The molecule has 0 aliphatic heterocycles. The van der Waals surface area contributed by atoms with Crippen molar-refractivity contribution in [2.24, 2.45) is 0 Å². The molecule has 0 saturated carbocycles. The fourth-order valence-electron chi connectivity index (χ4n) is 1.29. The minimum absolute atomic E-state index is 0.322. The van der Waals surface area contributed by atoms with Crippen molar-refractivity contribution in [2.45, 2.75) is 6.92 Å². The topological polar surface area (TPSA) is 54.6 Å². The number of imidazole rings is 1. The predicted molar refractivity (Wildman–Crippen MR) is 59.5 cm³/mol. The molecule has 0 bridgehead atoms. The fourth-order valence-corrected chi connectivity index (χ4v) is 2.44. The maximum absolute atomic E-state index is 10.4. The van der Waals surface area contributed by atoms with Crippen LogP contribution in [0.15, 0.2) is 11.5 Å². The molecule has 0 aliphatic carbocycles. The zero-order valence-electron chi connectivity index (χ0n) is 7.77. The van der Waals surface area contributed by atoms with Crippen molar-refractivity contribution in [1.29, 1.82) is 0 Å². The maximum atomic E-state index is 10.4. The summed E-state index contributed by atoms with van der Waals surface area (Å²) in [5, 5.41) is 10.8. The highest BCUT2D eigenvalue weighted by molar-refractivity contribution is 7.15. The molecule has 0 atom stereocenters.